The molecule has 0 unspecified atom stereocenters. The van der Waals surface area contributed by atoms with Gasteiger partial charge < -0.3 is 0 Å². The van der Waals surface area contributed by atoms with Gasteiger partial charge in [-0.2, -0.15) is 0 Å². The summed E-state index contributed by atoms with van der Waals surface area (Å²) in [6.45, 7) is 1.58. The first-order valence-electron chi connectivity index (χ1n) is 3.48. The zero-order chi connectivity index (χ0) is 10.0. The lowest BCUT2D eigenvalue weighted by molar-refractivity contribution is 0.107. The van der Waals surface area contributed by atoms with Gasteiger partial charge in [0.25, 0.3) is 11.7 Å². The van der Waals surface area contributed by atoms with Gasteiger partial charge in [-0.05, 0) is 30.2 Å². The highest BCUT2D eigenvalue weighted by atomic mass is 35.5. The SMILES string of the molecule is Cc1ccc(C(F)F)nc1C(=O)Cl. The smallest absolute Gasteiger partial charge is 0.274 e. The van der Waals surface area contributed by atoms with Gasteiger partial charge in [-0.25, -0.2) is 13.8 Å². The number of alkyl halides is 2. The molecule has 0 spiro atoms. The summed E-state index contributed by atoms with van der Waals surface area (Å²) in [4.78, 5) is 14.1. The van der Waals surface area contributed by atoms with Gasteiger partial charge in [0.2, 0.25) is 0 Å². The first kappa shape index (κ1) is 10.1. The molecule has 0 saturated heterocycles. The molecule has 0 fully saturated rings. The maximum absolute atomic E-state index is 12.1. The van der Waals surface area contributed by atoms with Crippen LogP contribution in [0.15, 0.2) is 12.1 Å². The molecule has 0 aromatic carbocycles. The molecule has 0 amide bonds. The highest BCUT2D eigenvalue weighted by Crippen LogP contribution is 2.18. The summed E-state index contributed by atoms with van der Waals surface area (Å²) >= 11 is 5.14. The van der Waals surface area contributed by atoms with Crippen molar-refractivity contribution in [3.8, 4) is 0 Å². The second-order valence-corrected chi connectivity index (χ2v) is 2.82. The third-order valence-electron chi connectivity index (χ3n) is 1.53. The fraction of sp³-hybridized carbons (Fsp3) is 0.250. The quantitative estimate of drug-likeness (QED) is 0.695. The Morgan fingerprint density at radius 2 is 2.15 bits per heavy atom. The van der Waals surface area contributed by atoms with E-state index in [1.54, 1.807) is 6.92 Å². The molecule has 0 aliphatic rings. The van der Waals surface area contributed by atoms with Gasteiger partial charge in [-0.15, -0.1) is 0 Å². The van der Waals surface area contributed by atoms with Crippen LogP contribution in [0.4, 0.5) is 8.78 Å². The van der Waals surface area contributed by atoms with Crippen molar-refractivity contribution < 1.29 is 13.6 Å². The lowest BCUT2D eigenvalue weighted by atomic mass is 10.2. The van der Waals surface area contributed by atoms with Crippen LogP contribution in [0.25, 0.3) is 0 Å². The second kappa shape index (κ2) is 3.79. The van der Waals surface area contributed by atoms with E-state index in [0.717, 1.165) is 0 Å². The van der Waals surface area contributed by atoms with Crippen LogP contribution in [0.3, 0.4) is 0 Å². The van der Waals surface area contributed by atoms with E-state index in [0.29, 0.717) is 5.56 Å². The Morgan fingerprint density at radius 1 is 1.54 bits per heavy atom. The Bertz CT molecular complexity index is 341. The standard InChI is InChI=1S/C8H6ClF2NO/c1-4-2-3-5(8(10)11)12-6(4)7(9)13/h2-3,8H,1H3. The van der Waals surface area contributed by atoms with E-state index in [-0.39, 0.29) is 5.69 Å². The average Bonchev–Trinajstić information content (AvgIpc) is 2.04. The van der Waals surface area contributed by atoms with Crippen LogP contribution in [0.5, 0.6) is 0 Å². The van der Waals surface area contributed by atoms with E-state index in [1.165, 1.54) is 12.1 Å². The summed E-state index contributed by atoms with van der Waals surface area (Å²) < 4.78 is 24.3. The van der Waals surface area contributed by atoms with Gasteiger partial charge in [0, 0.05) is 0 Å². The van der Waals surface area contributed by atoms with Crippen molar-refractivity contribution in [2.24, 2.45) is 0 Å². The molecule has 70 valence electrons. The van der Waals surface area contributed by atoms with Crippen LogP contribution >= 0.6 is 11.6 Å². The van der Waals surface area contributed by atoms with E-state index in [4.69, 9.17) is 11.6 Å². The van der Waals surface area contributed by atoms with Crippen molar-refractivity contribution >= 4 is 16.8 Å². The van der Waals surface area contributed by atoms with Crippen LogP contribution in [-0.2, 0) is 0 Å². The molecule has 0 bridgehead atoms. The zero-order valence-corrected chi connectivity index (χ0v) is 7.48. The minimum absolute atomic E-state index is 0.112. The van der Waals surface area contributed by atoms with Crippen molar-refractivity contribution in [3.63, 3.8) is 0 Å². The number of halogens is 3. The zero-order valence-electron chi connectivity index (χ0n) is 6.72. The number of aromatic nitrogens is 1. The summed E-state index contributed by atoms with van der Waals surface area (Å²) in [5.41, 5.74) is -0.0570. The highest BCUT2D eigenvalue weighted by Gasteiger charge is 2.13. The molecule has 0 aliphatic carbocycles. The third-order valence-corrected chi connectivity index (χ3v) is 1.71. The van der Waals surface area contributed by atoms with Crippen LogP contribution in [0.2, 0.25) is 0 Å². The lowest BCUT2D eigenvalue weighted by Crippen LogP contribution is -2.01. The van der Waals surface area contributed by atoms with Crippen molar-refractivity contribution in [1.82, 2.24) is 4.98 Å². The van der Waals surface area contributed by atoms with E-state index in [9.17, 15) is 13.6 Å². The maximum Gasteiger partial charge on any atom is 0.280 e. The van der Waals surface area contributed by atoms with Crippen molar-refractivity contribution in [2.75, 3.05) is 0 Å². The lowest BCUT2D eigenvalue weighted by Gasteiger charge is -2.02. The first-order chi connectivity index (χ1) is 6.02. The Balaban J connectivity index is 3.19. The number of carbonyl (C=O) groups is 1. The van der Waals surface area contributed by atoms with Crippen molar-refractivity contribution in [1.29, 1.82) is 0 Å². The molecule has 1 aromatic heterocycles. The van der Waals surface area contributed by atoms with Crippen LogP contribution in [0, 0.1) is 6.92 Å². The van der Waals surface area contributed by atoms with Crippen molar-refractivity contribution in [3.05, 3.63) is 29.1 Å². The summed E-state index contributed by atoms with van der Waals surface area (Å²) in [7, 11) is 0. The second-order valence-electron chi connectivity index (χ2n) is 2.48. The van der Waals surface area contributed by atoms with Gasteiger partial charge in [-0.1, -0.05) is 6.07 Å². The summed E-state index contributed by atoms with van der Waals surface area (Å²) in [5, 5.41) is -0.819. The molecule has 0 radical (unpaired) electrons. The number of nitrogens with zero attached hydrogens (tertiary/aromatic N) is 1. The molecule has 0 atom stereocenters. The van der Waals surface area contributed by atoms with Gasteiger partial charge in [-0.3, -0.25) is 4.79 Å². The fourth-order valence-corrected chi connectivity index (χ4v) is 1.06. The minimum Gasteiger partial charge on any atom is -0.274 e. The monoisotopic (exact) mass is 205 g/mol. The molecule has 1 aromatic rings. The predicted octanol–water partition coefficient (Wildman–Crippen LogP) is 2.71. The van der Waals surface area contributed by atoms with E-state index >= 15 is 0 Å². The molecule has 13 heavy (non-hydrogen) atoms. The number of pyridine rings is 1. The molecular weight excluding hydrogens is 200 g/mol. The van der Waals surface area contributed by atoms with Crippen LogP contribution in [-0.4, -0.2) is 10.2 Å². The van der Waals surface area contributed by atoms with Crippen LogP contribution in [0.1, 0.15) is 28.2 Å². The molecule has 2 nitrogen and oxygen atoms in total. The Hall–Kier alpha value is -1.03. The van der Waals surface area contributed by atoms with E-state index < -0.39 is 17.4 Å². The van der Waals surface area contributed by atoms with Crippen LogP contribution < -0.4 is 0 Å². The highest BCUT2D eigenvalue weighted by molar-refractivity contribution is 6.67. The fourth-order valence-electron chi connectivity index (χ4n) is 0.864. The number of aryl methyl sites for hydroxylation is 1. The summed E-state index contributed by atoms with van der Waals surface area (Å²) in [5.74, 6) is 0. The summed E-state index contributed by atoms with van der Waals surface area (Å²) in [6.07, 6.45) is -2.68. The normalized spacial score (nSPS) is 10.5. The predicted molar refractivity (Wildman–Crippen MR) is 44.1 cm³/mol. The molecule has 0 N–H and O–H groups in total. The molecule has 1 rings (SSSR count). The third kappa shape index (κ3) is 2.21. The summed E-state index contributed by atoms with van der Waals surface area (Å²) in [6, 6.07) is 2.56. The van der Waals surface area contributed by atoms with Crippen molar-refractivity contribution in [2.45, 2.75) is 13.3 Å². The molecule has 5 heteroatoms. The first-order valence-corrected chi connectivity index (χ1v) is 3.85. The van der Waals surface area contributed by atoms with Gasteiger partial charge >= 0.3 is 0 Å². The van der Waals surface area contributed by atoms with Gasteiger partial charge in [0.15, 0.2) is 0 Å². The number of rotatable bonds is 2. The van der Waals surface area contributed by atoms with E-state index in [2.05, 4.69) is 4.98 Å². The molecule has 0 aliphatic heterocycles. The molecule has 1 heterocycles. The number of carbonyl (C=O) groups excluding carboxylic acids is 1. The Labute approximate surface area is 78.5 Å². The largest absolute Gasteiger partial charge is 0.280 e. The van der Waals surface area contributed by atoms with Gasteiger partial charge in [0.05, 0.1) is 0 Å². The molecule has 0 saturated carbocycles. The van der Waals surface area contributed by atoms with E-state index in [1.807, 2.05) is 0 Å². The maximum atomic E-state index is 12.1. The number of hydrogen-bond acceptors (Lipinski definition) is 2. The average molecular weight is 206 g/mol. The van der Waals surface area contributed by atoms with Gasteiger partial charge in [0.1, 0.15) is 11.4 Å². The Kier molecular flexibility index (Phi) is 2.93. The Morgan fingerprint density at radius 3 is 2.62 bits per heavy atom. The topological polar surface area (TPSA) is 30.0 Å². The number of hydrogen-bond donors (Lipinski definition) is 0. The minimum atomic E-state index is -2.68. The molecular formula is C8H6ClF2NO.